The normalized spacial score (nSPS) is 28.0. The van der Waals surface area contributed by atoms with E-state index in [4.69, 9.17) is 9.47 Å². The zero-order chi connectivity index (χ0) is 19.4. The maximum Gasteiger partial charge on any atom is 0.254 e. The SMILES string of the molecule is O=C(c1ccc2c(c1)OCO2)N1CCC2(CN[S+](=O)([O-])c3ccccc3N2)C1. The van der Waals surface area contributed by atoms with Crippen LogP contribution in [0.5, 0.6) is 11.5 Å². The first kappa shape index (κ1) is 17.5. The summed E-state index contributed by atoms with van der Waals surface area (Å²) in [5.74, 6) is 1.08. The molecule has 0 aromatic heterocycles. The minimum Gasteiger partial charge on any atom is -0.593 e. The number of sulfonamides is 1. The van der Waals surface area contributed by atoms with Crippen molar-refractivity contribution in [2.45, 2.75) is 16.9 Å². The quantitative estimate of drug-likeness (QED) is 0.704. The van der Waals surface area contributed by atoms with Crippen LogP contribution in [0.15, 0.2) is 47.4 Å². The number of ether oxygens (including phenoxy) is 2. The van der Waals surface area contributed by atoms with E-state index in [9.17, 15) is 13.6 Å². The molecule has 2 atom stereocenters. The second-order valence-corrected chi connectivity index (χ2v) is 9.01. The standard InChI is InChI=1S/C19H19N3O5S/c23-18(13-5-6-15-16(9-13)27-12-26-15)22-8-7-19(11-22)10-20-28(24,25)17-4-2-1-3-14(17)21-19/h1-6,9H,7-8,10-12H2,(H2-,20,21,24,25). The molecule has 0 saturated carbocycles. The van der Waals surface area contributed by atoms with E-state index in [2.05, 4.69) is 10.0 Å². The molecule has 9 heteroatoms. The molecule has 1 amide bonds. The molecular formula is C19H19N3O5S. The average Bonchev–Trinajstić information content (AvgIpc) is 3.31. The highest BCUT2D eigenvalue weighted by molar-refractivity contribution is 7.96. The summed E-state index contributed by atoms with van der Waals surface area (Å²) in [6, 6.07) is 12.0. The number of anilines is 1. The minimum atomic E-state index is -3.59. The number of nitrogens with zero attached hydrogens (tertiary/aromatic N) is 1. The molecule has 0 bridgehead atoms. The predicted octanol–water partition coefficient (Wildman–Crippen LogP) is 1.62. The van der Waals surface area contributed by atoms with Crippen LogP contribution >= 0.6 is 0 Å². The number of nitrogens with one attached hydrogen (secondary N) is 2. The van der Waals surface area contributed by atoms with Crippen LogP contribution in [-0.2, 0) is 14.6 Å². The summed E-state index contributed by atoms with van der Waals surface area (Å²) in [4.78, 5) is 15.0. The van der Waals surface area contributed by atoms with E-state index in [0.717, 1.165) is 0 Å². The summed E-state index contributed by atoms with van der Waals surface area (Å²) < 4.78 is 38.4. The first-order valence-electron chi connectivity index (χ1n) is 9.02. The average molecular weight is 401 g/mol. The molecule has 1 saturated heterocycles. The summed E-state index contributed by atoms with van der Waals surface area (Å²) in [5, 5.41) is 3.39. The fourth-order valence-corrected chi connectivity index (χ4v) is 5.24. The molecule has 1 fully saturated rings. The van der Waals surface area contributed by atoms with Gasteiger partial charge < -0.3 is 24.2 Å². The van der Waals surface area contributed by atoms with Gasteiger partial charge in [-0.3, -0.25) is 4.79 Å². The molecule has 3 aliphatic rings. The Morgan fingerprint density at radius 1 is 1.18 bits per heavy atom. The zero-order valence-electron chi connectivity index (χ0n) is 15.0. The van der Waals surface area contributed by atoms with Crippen LogP contribution in [0.1, 0.15) is 16.8 Å². The van der Waals surface area contributed by atoms with E-state index >= 15 is 0 Å². The van der Waals surface area contributed by atoms with E-state index in [-0.39, 0.29) is 24.1 Å². The Morgan fingerprint density at radius 3 is 2.89 bits per heavy atom. The summed E-state index contributed by atoms with van der Waals surface area (Å²) in [5.41, 5.74) is 0.534. The number of para-hydroxylation sites is 1. The van der Waals surface area contributed by atoms with Crippen molar-refractivity contribution < 1.29 is 23.0 Å². The third kappa shape index (κ3) is 2.83. The number of hydrogen-bond donors (Lipinski definition) is 2. The van der Waals surface area contributed by atoms with E-state index in [0.29, 0.717) is 42.3 Å². The van der Waals surface area contributed by atoms with Crippen LogP contribution in [0.3, 0.4) is 0 Å². The van der Waals surface area contributed by atoms with Gasteiger partial charge in [-0.1, -0.05) is 16.3 Å². The molecule has 0 aliphatic carbocycles. The van der Waals surface area contributed by atoms with Gasteiger partial charge in [-0.25, -0.2) is 0 Å². The number of amides is 1. The zero-order valence-corrected chi connectivity index (χ0v) is 15.8. The van der Waals surface area contributed by atoms with Gasteiger partial charge in [0.2, 0.25) is 6.79 Å². The highest BCUT2D eigenvalue weighted by atomic mass is 32.3. The van der Waals surface area contributed by atoms with Gasteiger partial charge in [-0.2, -0.15) is 0 Å². The molecule has 3 aliphatic heterocycles. The number of rotatable bonds is 1. The van der Waals surface area contributed by atoms with E-state index in [1.807, 2.05) is 0 Å². The summed E-state index contributed by atoms with van der Waals surface area (Å²) >= 11 is 0. The molecule has 2 aromatic rings. The summed E-state index contributed by atoms with van der Waals surface area (Å²) in [7, 11) is -3.59. The van der Waals surface area contributed by atoms with Crippen molar-refractivity contribution >= 4 is 22.0 Å². The number of carbonyl (C=O) groups excluding carboxylic acids is 1. The highest BCUT2D eigenvalue weighted by Crippen LogP contribution is 2.36. The monoisotopic (exact) mass is 401 g/mol. The van der Waals surface area contributed by atoms with Crippen LogP contribution in [0.2, 0.25) is 0 Å². The van der Waals surface area contributed by atoms with Crippen LogP contribution in [0.4, 0.5) is 5.69 Å². The van der Waals surface area contributed by atoms with Crippen molar-refractivity contribution in [3.63, 3.8) is 0 Å². The Hall–Kier alpha value is -2.62. The molecule has 5 rings (SSSR count). The number of fused-ring (bicyclic) bond motifs is 2. The van der Waals surface area contributed by atoms with Gasteiger partial charge in [0.25, 0.3) is 5.91 Å². The van der Waals surface area contributed by atoms with Gasteiger partial charge >= 0.3 is 0 Å². The topological polar surface area (TPSA) is 103 Å². The first-order chi connectivity index (χ1) is 13.5. The molecule has 146 valence electrons. The van der Waals surface area contributed by atoms with E-state index in [1.165, 1.54) is 0 Å². The van der Waals surface area contributed by atoms with Crippen LogP contribution < -0.4 is 19.5 Å². The van der Waals surface area contributed by atoms with Crippen LogP contribution in [-0.4, -0.2) is 47.3 Å². The van der Waals surface area contributed by atoms with Gasteiger partial charge in [0.05, 0.1) is 17.8 Å². The molecule has 2 N–H and O–H groups in total. The molecule has 2 aromatic carbocycles. The molecule has 0 radical (unpaired) electrons. The first-order valence-corrected chi connectivity index (χ1v) is 10.5. The molecule has 1 spiro atoms. The second-order valence-electron chi connectivity index (χ2n) is 7.27. The van der Waals surface area contributed by atoms with E-state index < -0.39 is 15.9 Å². The van der Waals surface area contributed by atoms with Crippen molar-refractivity contribution in [1.29, 1.82) is 0 Å². The molecule has 3 heterocycles. The van der Waals surface area contributed by atoms with Crippen LogP contribution in [0, 0.1) is 0 Å². The van der Waals surface area contributed by atoms with Gasteiger partial charge in [0.1, 0.15) is 0 Å². The smallest absolute Gasteiger partial charge is 0.254 e. The van der Waals surface area contributed by atoms with E-state index in [1.54, 1.807) is 47.4 Å². The third-order valence-electron chi connectivity index (χ3n) is 5.44. The highest BCUT2D eigenvalue weighted by Gasteiger charge is 2.45. The second kappa shape index (κ2) is 6.20. The lowest BCUT2D eigenvalue weighted by Gasteiger charge is -2.29. The lowest BCUT2D eigenvalue weighted by atomic mass is 9.98. The molecule has 2 unspecified atom stereocenters. The maximum atomic E-state index is 13.0. The van der Waals surface area contributed by atoms with Gasteiger partial charge in [0, 0.05) is 18.7 Å². The van der Waals surface area contributed by atoms with Gasteiger partial charge in [-0.15, -0.1) is 4.72 Å². The Bertz CT molecular complexity index is 1010. The Kier molecular flexibility index (Phi) is 3.87. The fraction of sp³-hybridized carbons (Fsp3) is 0.316. The Balaban J connectivity index is 1.39. The summed E-state index contributed by atoms with van der Waals surface area (Å²) in [6.07, 6.45) is 0.639. The van der Waals surface area contributed by atoms with Crippen molar-refractivity contribution in [2.24, 2.45) is 0 Å². The molecule has 28 heavy (non-hydrogen) atoms. The minimum absolute atomic E-state index is 0.114. The predicted molar refractivity (Wildman–Crippen MR) is 101 cm³/mol. The number of hydrogen-bond acceptors (Lipinski definition) is 6. The number of benzene rings is 2. The van der Waals surface area contributed by atoms with Gasteiger partial charge in [0.15, 0.2) is 26.8 Å². The van der Waals surface area contributed by atoms with Crippen molar-refractivity contribution in [1.82, 2.24) is 9.62 Å². The lowest BCUT2D eigenvalue weighted by Crippen LogP contribution is -2.50. The Labute approximate surface area is 163 Å². The van der Waals surface area contributed by atoms with Gasteiger partial charge in [-0.05, 0) is 36.8 Å². The fourth-order valence-electron chi connectivity index (χ4n) is 3.95. The van der Waals surface area contributed by atoms with Crippen molar-refractivity contribution in [3.05, 3.63) is 48.0 Å². The van der Waals surface area contributed by atoms with Crippen molar-refractivity contribution in [3.8, 4) is 11.5 Å². The molecule has 8 nitrogen and oxygen atoms in total. The lowest BCUT2D eigenvalue weighted by molar-refractivity contribution is 0.0785. The van der Waals surface area contributed by atoms with Crippen LogP contribution in [0.25, 0.3) is 0 Å². The molecular weight excluding hydrogens is 382 g/mol. The largest absolute Gasteiger partial charge is 0.593 e. The number of carbonyl (C=O) groups is 1. The Morgan fingerprint density at radius 2 is 2.00 bits per heavy atom. The number of likely N-dealkylation sites (tertiary alicyclic amines) is 1. The van der Waals surface area contributed by atoms with Crippen molar-refractivity contribution in [2.75, 3.05) is 31.7 Å². The third-order valence-corrected chi connectivity index (χ3v) is 6.90. The summed E-state index contributed by atoms with van der Waals surface area (Å²) in [6.45, 7) is 1.31. The maximum absolute atomic E-state index is 13.0.